The van der Waals surface area contributed by atoms with E-state index >= 15 is 0 Å². The van der Waals surface area contributed by atoms with Gasteiger partial charge in [-0.25, -0.2) is 0 Å². The topological polar surface area (TPSA) is 58.9 Å². The Kier molecular flexibility index (Phi) is 8.19. The Morgan fingerprint density at radius 1 is 1.23 bits per heavy atom. The van der Waals surface area contributed by atoms with Crippen molar-refractivity contribution in [3.05, 3.63) is 53.6 Å². The van der Waals surface area contributed by atoms with Gasteiger partial charge >= 0.3 is 21.0 Å². The van der Waals surface area contributed by atoms with Gasteiger partial charge in [-0.15, -0.1) is 0 Å². The van der Waals surface area contributed by atoms with Crippen LogP contribution >= 0.6 is 0 Å². The summed E-state index contributed by atoms with van der Waals surface area (Å²) in [5, 5.41) is 10.1. The number of hydrogen-bond acceptors (Lipinski definition) is 4. The molecule has 0 amide bonds. The van der Waals surface area contributed by atoms with Gasteiger partial charge in [0.05, 0.1) is 12.3 Å². The number of para-hydroxylation sites is 1. The molecule has 0 saturated heterocycles. The van der Waals surface area contributed by atoms with Crippen molar-refractivity contribution in [3.8, 4) is 11.5 Å². The van der Waals surface area contributed by atoms with Crippen LogP contribution in [-0.4, -0.2) is 17.9 Å². The number of phenolic OH excluding ortho intramolecular Hbond substituents is 1. The first-order valence-corrected chi connectivity index (χ1v) is 7.51. The number of aromatic hydroxyl groups is 1. The summed E-state index contributed by atoms with van der Waals surface area (Å²) in [4.78, 5) is 4.36. The third kappa shape index (κ3) is 5.47. The third-order valence-corrected chi connectivity index (χ3v) is 2.89. The molecule has 2 aromatic carbocycles. The summed E-state index contributed by atoms with van der Waals surface area (Å²) in [6, 6.07) is 13.3. The van der Waals surface area contributed by atoms with E-state index in [4.69, 9.17) is 8.41 Å². The Balaban J connectivity index is 0.00000116. The molecule has 0 aliphatic heterocycles. The normalized spacial score (nSPS) is 10.0. The monoisotopic (exact) mass is 336 g/mol. The van der Waals surface area contributed by atoms with Crippen molar-refractivity contribution < 1.29 is 30.9 Å². The molecule has 0 aliphatic rings. The number of aliphatic imine (C=N–C) groups is 1. The maximum absolute atomic E-state index is 10.1. The van der Waals surface area contributed by atoms with Gasteiger partial charge in [0, 0.05) is 11.8 Å². The van der Waals surface area contributed by atoms with Crippen molar-refractivity contribution in [2.24, 2.45) is 4.99 Å². The summed E-state index contributed by atoms with van der Waals surface area (Å²) in [6.45, 7) is 4.58. The zero-order valence-electron chi connectivity index (χ0n) is 12.7. The van der Waals surface area contributed by atoms with Gasteiger partial charge in [-0.3, -0.25) is 4.99 Å². The van der Waals surface area contributed by atoms with Gasteiger partial charge in [-0.1, -0.05) is 25.1 Å². The van der Waals surface area contributed by atoms with Gasteiger partial charge in [0.1, 0.15) is 11.5 Å². The molecule has 0 radical (unpaired) electrons. The van der Waals surface area contributed by atoms with Crippen LogP contribution in [0.15, 0.2) is 47.5 Å². The fourth-order valence-electron chi connectivity index (χ4n) is 1.83. The van der Waals surface area contributed by atoms with E-state index in [-0.39, 0.29) is 5.75 Å². The van der Waals surface area contributed by atoms with Crippen LogP contribution in [0.3, 0.4) is 0 Å². The molecule has 0 saturated carbocycles. The second kappa shape index (κ2) is 9.93. The first-order chi connectivity index (χ1) is 10.7. The molecule has 0 aromatic heterocycles. The first kappa shape index (κ1) is 18.1. The van der Waals surface area contributed by atoms with E-state index in [1.54, 1.807) is 6.21 Å². The van der Waals surface area contributed by atoms with E-state index in [9.17, 15) is 5.11 Å². The molecule has 22 heavy (non-hydrogen) atoms. The van der Waals surface area contributed by atoms with Crippen LogP contribution in [0.4, 0.5) is 5.69 Å². The number of rotatable bonds is 5. The molecule has 0 spiro atoms. The van der Waals surface area contributed by atoms with Gasteiger partial charge in [0.15, 0.2) is 0 Å². The molecule has 1 N–H and O–H groups in total. The molecule has 2 rings (SSSR count). The van der Waals surface area contributed by atoms with Gasteiger partial charge in [0.25, 0.3) is 0 Å². The molecule has 2 aromatic rings. The Morgan fingerprint density at radius 3 is 2.55 bits per heavy atom. The molecular formula is C17H19NO3V. The number of phenols is 1. The Morgan fingerprint density at radius 2 is 1.91 bits per heavy atom. The summed E-state index contributed by atoms with van der Waals surface area (Å²) in [7, 11) is 0. The van der Waals surface area contributed by atoms with Crippen LogP contribution in [0.25, 0.3) is 0 Å². The van der Waals surface area contributed by atoms with E-state index in [1.165, 1.54) is 0 Å². The molecule has 0 fully saturated rings. The number of aryl methyl sites for hydroxylation is 1. The van der Waals surface area contributed by atoms with Crippen LogP contribution in [0, 0.1) is 6.92 Å². The quantitative estimate of drug-likeness (QED) is 0.836. The Labute approximate surface area is 140 Å². The van der Waals surface area contributed by atoms with Gasteiger partial charge in [-0.2, -0.15) is 0 Å². The summed E-state index contributed by atoms with van der Waals surface area (Å²) in [5.74, 6) is 1.00. The maximum atomic E-state index is 10.1. The minimum atomic E-state index is 0.244. The van der Waals surface area contributed by atoms with E-state index in [0.717, 1.165) is 40.8 Å². The molecular weight excluding hydrogens is 317 g/mol. The SMILES string of the molecule is CCCOc1cc(C)c(O)c(C=Nc2ccccc2)c1.[O]=[V]. The summed E-state index contributed by atoms with van der Waals surface area (Å²) < 4.78 is 13.8. The standard InChI is InChI=1S/C17H19NO2.O.V/c1-3-9-20-16-10-13(2)17(19)14(11-16)12-18-15-7-5-4-6-8-15;;/h4-8,10-12,19H,3,9H2,1-2H3;;. The molecule has 4 nitrogen and oxygen atoms in total. The second-order valence-electron chi connectivity index (χ2n) is 4.62. The van der Waals surface area contributed by atoms with Crippen molar-refractivity contribution in [1.82, 2.24) is 0 Å². The second-order valence-corrected chi connectivity index (χ2v) is 4.62. The van der Waals surface area contributed by atoms with Crippen LogP contribution in [-0.2, 0) is 21.0 Å². The number of hydrogen-bond donors (Lipinski definition) is 1. The van der Waals surface area contributed by atoms with Crippen molar-refractivity contribution in [2.45, 2.75) is 20.3 Å². The van der Waals surface area contributed by atoms with Crippen LogP contribution < -0.4 is 4.74 Å². The molecule has 0 atom stereocenters. The fraction of sp³-hybridized carbons (Fsp3) is 0.235. The summed E-state index contributed by atoms with van der Waals surface area (Å²) in [6.07, 6.45) is 2.61. The van der Waals surface area contributed by atoms with Gasteiger partial charge in [0.2, 0.25) is 0 Å². The Hall–Kier alpha value is -1.91. The first-order valence-electron chi connectivity index (χ1n) is 6.94. The molecule has 115 valence electrons. The van der Waals surface area contributed by atoms with Crippen LogP contribution in [0.2, 0.25) is 0 Å². The van der Waals surface area contributed by atoms with E-state index < -0.39 is 0 Å². The van der Waals surface area contributed by atoms with E-state index in [0.29, 0.717) is 12.2 Å². The average molecular weight is 336 g/mol. The summed E-state index contributed by atoms with van der Waals surface area (Å²) in [5.41, 5.74) is 2.30. The molecule has 5 heteroatoms. The molecule has 0 bridgehead atoms. The molecule has 0 aliphatic carbocycles. The molecule has 0 unspecified atom stereocenters. The predicted molar refractivity (Wildman–Crippen MR) is 83.0 cm³/mol. The van der Waals surface area contributed by atoms with Gasteiger partial charge in [-0.05, 0) is 43.2 Å². The zero-order valence-corrected chi connectivity index (χ0v) is 14.1. The van der Waals surface area contributed by atoms with E-state index in [1.807, 2.05) is 49.4 Å². The molecule has 0 heterocycles. The van der Waals surface area contributed by atoms with Crippen molar-refractivity contribution in [1.29, 1.82) is 0 Å². The van der Waals surface area contributed by atoms with Gasteiger partial charge < -0.3 is 9.84 Å². The fourth-order valence-corrected chi connectivity index (χ4v) is 1.83. The third-order valence-electron chi connectivity index (χ3n) is 2.89. The van der Waals surface area contributed by atoms with Crippen molar-refractivity contribution in [2.75, 3.05) is 6.61 Å². The zero-order chi connectivity index (χ0) is 16.4. The minimum absolute atomic E-state index is 0.244. The van der Waals surface area contributed by atoms with E-state index in [2.05, 4.69) is 11.9 Å². The van der Waals surface area contributed by atoms with Crippen LogP contribution in [0.5, 0.6) is 11.5 Å². The van der Waals surface area contributed by atoms with Crippen molar-refractivity contribution >= 4 is 11.9 Å². The Bertz CT molecular complexity index is 615. The van der Waals surface area contributed by atoms with Crippen LogP contribution in [0.1, 0.15) is 24.5 Å². The average Bonchev–Trinajstić information content (AvgIpc) is 2.57. The number of benzene rings is 2. The predicted octanol–water partition coefficient (Wildman–Crippen LogP) is 4.12. The van der Waals surface area contributed by atoms with Crippen molar-refractivity contribution in [3.63, 3.8) is 0 Å². The number of nitrogens with zero attached hydrogens (tertiary/aromatic N) is 1. The number of ether oxygens (including phenoxy) is 1. The summed E-state index contributed by atoms with van der Waals surface area (Å²) >= 11 is 1.06.